The number of ketones is 1. The molecular formula is C19H28N2O4Sn. The molecule has 1 amide bonds. The number of carbonyl (C=O) groups excluding carboxylic acids is 2. The van der Waals surface area contributed by atoms with Crippen molar-refractivity contribution in [2.75, 3.05) is 6.54 Å². The van der Waals surface area contributed by atoms with Crippen LogP contribution in [0.15, 0.2) is 24.3 Å². The summed E-state index contributed by atoms with van der Waals surface area (Å²) < 4.78 is 3.09. The van der Waals surface area contributed by atoms with Gasteiger partial charge in [-0.25, -0.2) is 0 Å². The van der Waals surface area contributed by atoms with Crippen LogP contribution in [0.25, 0.3) is 0 Å². The van der Waals surface area contributed by atoms with E-state index in [1.807, 2.05) is 25.7 Å². The first kappa shape index (κ1) is 22.6. The third-order valence-electron chi connectivity index (χ3n) is 3.89. The van der Waals surface area contributed by atoms with E-state index in [1.54, 1.807) is 24.3 Å². The quantitative estimate of drug-likeness (QED) is 0.280. The molecule has 6 nitrogen and oxygen atoms in total. The summed E-state index contributed by atoms with van der Waals surface area (Å²) in [5.41, 5.74) is 0.500. The molecule has 1 aromatic carbocycles. The number of hydrogen-bond donors (Lipinski definition) is 3. The molecule has 0 heterocycles. The number of amides is 1. The van der Waals surface area contributed by atoms with Gasteiger partial charge >= 0.3 is 135 Å². The number of unbranched alkanes of at least 4 members (excludes halogenated alkanes) is 1. The van der Waals surface area contributed by atoms with E-state index in [-0.39, 0.29) is 11.7 Å². The van der Waals surface area contributed by atoms with Crippen LogP contribution >= 0.6 is 0 Å². The first-order valence-electron chi connectivity index (χ1n) is 8.75. The number of rotatable bonds is 10. The zero-order chi connectivity index (χ0) is 19.7. The molecule has 0 aliphatic rings. The molecule has 0 aliphatic carbocycles. The molecule has 0 fully saturated rings. The van der Waals surface area contributed by atoms with Crippen molar-refractivity contribution in [3.05, 3.63) is 35.4 Å². The molecule has 0 saturated carbocycles. The van der Waals surface area contributed by atoms with E-state index >= 15 is 0 Å². The molecule has 2 radical (unpaired) electrons. The van der Waals surface area contributed by atoms with Gasteiger partial charge in [-0.3, -0.25) is 4.79 Å². The number of aliphatic carboxylic acids is 1. The van der Waals surface area contributed by atoms with Crippen molar-refractivity contribution in [1.82, 2.24) is 8.86 Å². The fraction of sp³-hybridized carbons (Fsp3) is 0.526. The summed E-state index contributed by atoms with van der Waals surface area (Å²) in [5.74, 6) is -1.03. The van der Waals surface area contributed by atoms with Gasteiger partial charge in [-0.05, 0) is 0 Å². The van der Waals surface area contributed by atoms with Crippen LogP contribution in [0.5, 0.6) is 0 Å². The SMILES string of the molecule is [CH3][Sn][NH]C(CCCCNC(=O)c1cccc(C(=O)C(C)(C)C)c1)C(=O)O. The van der Waals surface area contributed by atoms with Crippen LogP contribution in [0.4, 0.5) is 0 Å². The molecule has 1 unspecified atom stereocenters. The first-order valence-corrected chi connectivity index (χ1v) is 13.0. The Morgan fingerprint density at radius 3 is 2.38 bits per heavy atom. The molecule has 7 heteroatoms. The third kappa shape index (κ3) is 7.45. The normalized spacial score (nSPS) is 12.5. The Morgan fingerprint density at radius 1 is 1.15 bits per heavy atom. The molecule has 0 saturated heterocycles. The molecule has 0 bridgehead atoms. The van der Waals surface area contributed by atoms with E-state index < -0.39 is 38.8 Å². The number of benzene rings is 1. The van der Waals surface area contributed by atoms with Gasteiger partial charge in [-0.2, -0.15) is 0 Å². The molecule has 1 aromatic rings. The monoisotopic (exact) mass is 468 g/mol. The zero-order valence-corrected chi connectivity index (χ0v) is 18.7. The topological polar surface area (TPSA) is 95.5 Å². The van der Waals surface area contributed by atoms with Crippen LogP contribution in [-0.2, 0) is 4.79 Å². The molecule has 0 aliphatic heterocycles. The summed E-state index contributed by atoms with van der Waals surface area (Å²) in [6, 6.07) is 6.28. The second-order valence-electron chi connectivity index (χ2n) is 7.20. The van der Waals surface area contributed by atoms with Crippen molar-refractivity contribution in [2.24, 2.45) is 5.41 Å². The second kappa shape index (κ2) is 10.7. The predicted molar refractivity (Wildman–Crippen MR) is 103 cm³/mol. The maximum absolute atomic E-state index is 12.3. The summed E-state index contributed by atoms with van der Waals surface area (Å²) in [7, 11) is 0. The van der Waals surface area contributed by atoms with Crippen molar-refractivity contribution >= 4 is 39.1 Å². The molecule has 26 heavy (non-hydrogen) atoms. The van der Waals surface area contributed by atoms with Crippen LogP contribution < -0.4 is 8.86 Å². The molecule has 1 rings (SSSR count). The fourth-order valence-electron chi connectivity index (χ4n) is 2.44. The Morgan fingerprint density at radius 2 is 1.81 bits per heavy atom. The number of nitrogens with one attached hydrogen (secondary N) is 2. The van der Waals surface area contributed by atoms with Crippen LogP contribution in [-0.4, -0.2) is 56.8 Å². The molecular weight excluding hydrogens is 439 g/mol. The summed E-state index contributed by atoms with van der Waals surface area (Å²) in [4.78, 5) is 37.7. The molecule has 0 spiro atoms. The Bertz CT molecular complexity index is 641. The van der Waals surface area contributed by atoms with Crippen LogP contribution in [0.2, 0.25) is 4.94 Å². The Balaban J connectivity index is 2.49. The summed E-state index contributed by atoms with van der Waals surface area (Å²) in [5, 5.41) is 11.9. The first-order chi connectivity index (χ1) is 12.2. The van der Waals surface area contributed by atoms with E-state index in [0.29, 0.717) is 30.5 Å². The number of carbonyl (C=O) groups is 3. The van der Waals surface area contributed by atoms with Crippen molar-refractivity contribution in [3.63, 3.8) is 0 Å². The van der Waals surface area contributed by atoms with Crippen molar-refractivity contribution in [1.29, 1.82) is 0 Å². The number of carboxylic acid groups (broad SMARTS) is 1. The molecule has 3 N–H and O–H groups in total. The van der Waals surface area contributed by atoms with Gasteiger partial charge in [-0.1, -0.05) is 20.8 Å². The maximum atomic E-state index is 12.3. The van der Waals surface area contributed by atoms with Gasteiger partial charge < -0.3 is 0 Å². The van der Waals surface area contributed by atoms with Gasteiger partial charge in [0.25, 0.3) is 0 Å². The van der Waals surface area contributed by atoms with Gasteiger partial charge in [-0.15, -0.1) is 0 Å². The zero-order valence-electron chi connectivity index (χ0n) is 15.9. The average molecular weight is 467 g/mol. The Kier molecular flexibility index (Phi) is 9.29. The van der Waals surface area contributed by atoms with Gasteiger partial charge in [0.1, 0.15) is 0 Å². The summed E-state index contributed by atoms with van der Waals surface area (Å²) in [6.45, 7) is 6.03. The van der Waals surface area contributed by atoms with Crippen molar-refractivity contribution in [2.45, 2.75) is 51.0 Å². The molecule has 0 aromatic heterocycles. The number of Topliss-reactive ketones (excluding diaryl/α,β-unsaturated/α-hetero) is 1. The summed E-state index contributed by atoms with van der Waals surface area (Å²) >= 11 is -0.764. The van der Waals surface area contributed by atoms with Gasteiger partial charge in [0.15, 0.2) is 0 Å². The van der Waals surface area contributed by atoms with Gasteiger partial charge in [0, 0.05) is 5.41 Å². The van der Waals surface area contributed by atoms with E-state index in [0.717, 1.165) is 6.42 Å². The summed E-state index contributed by atoms with van der Waals surface area (Å²) in [6.07, 6.45) is 2.01. The van der Waals surface area contributed by atoms with E-state index in [4.69, 9.17) is 5.11 Å². The molecule has 1 atom stereocenters. The third-order valence-corrected chi connectivity index (χ3v) is 5.71. The van der Waals surface area contributed by atoms with Crippen molar-refractivity contribution < 1.29 is 19.5 Å². The van der Waals surface area contributed by atoms with E-state index in [1.165, 1.54) is 0 Å². The number of carboxylic acids is 1. The fourth-order valence-corrected chi connectivity index (χ4v) is 4.20. The standard InChI is InChI=1S/C18H25N2O4.CH3.Sn/c1-18(2,3)15(21)12-7-6-8-13(11-12)16(22)20-10-5-4-9-14(19)17(23)24;;/h6-8,11,14,19H,4-5,9-10H2,1-3H3,(H,20,22)(H,23,24);1H3;/q-1;;+1. The van der Waals surface area contributed by atoms with E-state index in [2.05, 4.69) is 8.86 Å². The Labute approximate surface area is 165 Å². The van der Waals surface area contributed by atoms with E-state index in [9.17, 15) is 14.4 Å². The molecule has 142 valence electrons. The average Bonchev–Trinajstić information content (AvgIpc) is 2.58. The number of hydrogen-bond acceptors (Lipinski definition) is 4. The Hall–Kier alpha value is -1.41. The van der Waals surface area contributed by atoms with Gasteiger partial charge in [0.2, 0.25) is 0 Å². The second-order valence-corrected chi connectivity index (χ2v) is 9.45. The van der Waals surface area contributed by atoms with Crippen LogP contribution in [0.1, 0.15) is 60.7 Å². The van der Waals surface area contributed by atoms with Crippen molar-refractivity contribution in [3.8, 4) is 0 Å². The minimum absolute atomic E-state index is 0.000341. The van der Waals surface area contributed by atoms with Crippen LogP contribution in [0, 0.1) is 5.41 Å². The van der Waals surface area contributed by atoms with Gasteiger partial charge in [0.05, 0.1) is 0 Å². The van der Waals surface area contributed by atoms with Crippen LogP contribution in [0.3, 0.4) is 0 Å². The minimum atomic E-state index is -0.808. The predicted octanol–water partition coefficient (Wildman–Crippen LogP) is 2.53.